The number of sulfone groups is 1. The number of rotatable bonds is 3. The van der Waals surface area contributed by atoms with Gasteiger partial charge in [0.25, 0.3) is 0 Å². The minimum atomic E-state index is -2.96. The molecule has 2 heterocycles. The summed E-state index contributed by atoms with van der Waals surface area (Å²) in [5, 5.41) is 16.0. The van der Waals surface area contributed by atoms with Crippen LogP contribution < -0.4 is 0 Å². The number of nitrogens with zero attached hydrogens (tertiary/aromatic N) is 3. The number of hydrogen-bond donors (Lipinski definition) is 1. The van der Waals surface area contributed by atoms with Crippen LogP contribution in [0.2, 0.25) is 0 Å². The molecule has 88 valence electrons. The topological polar surface area (TPSA) is 102 Å². The second kappa shape index (κ2) is 3.85. The fourth-order valence-corrected chi connectivity index (χ4v) is 3.42. The van der Waals surface area contributed by atoms with Gasteiger partial charge in [0.1, 0.15) is 0 Å². The molecule has 7 nitrogen and oxygen atoms in total. The molecule has 0 spiro atoms. The van der Waals surface area contributed by atoms with Gasteiger partial charge in [0.05, 0.1) is 29.7 Å². The van der Waals surface area contributed by atoms with Crippen LogP contribution in [0, 0.1) is 0 Å². The van der Waals surface area contributed by atoms with Gasteiger partial charge >= 0.3 is 5.97 Å². The lowest BCUT2D eigenvalue weighted by atomic mass is 10.2. The van der Waals surface area contributed by atoms with Gasteiger partial charge in [-0.15, -0.1) is 5.10 Å². The molecule has 1 fully saturated rings. The summed E-state index contributed by atoms with van der Waals surface area (Å²) in [7, 11) is -2.96. The van der Waals surface area contributed by atoms with Gasteiger partial charge in [0.15, 0.2) is 9.84 Å². The Balaban J connectivity index is 2.11. The lowest BCUT2D eigenvalue weighted by molar-refractivity contribution is -0.136. The summed E-state index contributed by atoms with van der Waals surface area (Å²) >= 11 is 0. The van der Waals surface area contributed by atoms with Gasteiger partial charge in [-0.3, -0.25) is 4.79 Å². The van der Waals surface area contributed by atoms with Crippen LogP contribution in [0.15, 0.2) is 6.20 Å². The molecule has 0 aromatic carbocycles. The molecular formula is C8H11N3O4S. The van der Waals surface area contributed by atoms with Gasteiger partial charge in [-0.05, 0) is 6.42 Å². The molecular weight excluding hydrogens is 234 g/mol. The molecule has 1 N–H and O–H groups in total. The Hall–Kier alpha value is -1.44. The fraction of sp³-hybridized carbons (Fsp3) is 0.625. The van der Waals surface area contributed by atoms with Crippen LogP contribution in [0.1, 0.15) is 18.2 Å². The molecule has 2 rings (SSSR count). The van der Waals surface area contributed by atoms with Crippen molar-refractivity contribution in [1.82, 2.24) is 15.0 Å². The SMILES string of the molecule is O=C(O)Cc1cn(C2CCS(=O)(=O)C2)nn1. The highest BCUT2D eigenvalue weighted by molar-refractivity contribution is 7.91. The van der Waals surface area contributed by atoms with Gasteiger partial charge in [0.2, 0.25) is 0 Å². The molecule has 1 unspecified atom stereocenters. The van der Waals surface area contributed by atoms with Crippen LogP contribution >= 0.6 is 0 Å². The summed E-state index contributed by atoms with van der Waals surface area (Å²) in [5.41, 5.74) is 0.344. The summed E-state index contributed by atoms with van der Waals surface area (Å²) < 4.78 is 23.9. The molecule has 1 atom stereocenters. The largest absolute Gasteiger partial charge is 0.481 e. The molecule has 8 heteroatoms. The zero-order chi connectivity index (χ0) is 11.8. The van der Waals surface area contributed by atoms with Gasteiger partial charge in [-0.25, -0.2) is 13.1 Å². The fourth-order valence-electron chi connectivity index (χ4n) is 1.71. The van der Waals surface area contributed by atoms with E-state index in [0.717, 1.165) is 0 Å². The molecule has 0 radical (unpaired) electrons. The first kappa shape index (κ1) is 11.1. The van der Waals surface area contributed by atoms with Crippen molar-refractivity contribution >= 4 is 15.8 Å². The maximum absolute atomic E-state index is 11.2. The first-order valence-corrected chi connectivity index (χ1v) is 6.61. The zero-order valence-electron chi connectivity index (χ0n) is 8.40. The number of carboxylic acids is 1. The van der Waals surface area contributed by atoms with Crippen LogP contribution in [-0.4, -0.2) is 46.0 Å². The third-order valence-corrected chi connectivity index (χ3v) is 4.22. The van der Waals surface area contributed by atoms with Gasteiger partial charge in [-0.1, -0.05) is 5.21 Å². The van der Waals surface area contributed by atoms with E-state index in [9.17, 15) is 13.2 Å². The van der Waals surface area contributed by atoms with Crippen molar-refractivity contribution in [3.63, 3.8) is 0 Å². The second-order valence-corrected chi connectivity index (χ2v) is 6.05. The molecule has 0 amide bonds. The Morgan fingerprint density at radius 1 is 1.62 bits per heavy atom. The molecule has 0 aliphatic carbocycles. The Bertz CT molecular complexity index is 507. The Morgan fingerprint density at radius 3 is 2.94 bits per heavy atom. The maximum Gasteiger partial charge on any atom is 0.309 e. The lowest BCUT2D eigenvalue weighted by Gasteiger charge is -2.05. The summed E-state index contributed by atoms with van der Waals surface area (Å²) in [5.74, 6) is -0.764. The lowest BCUT2D eigenvalue weighted by Crippen LogP contribution is -2.11. The number of aromatic nitrogens is 3. The third-order valence-electron chi connectivity index (χ3n) is 2.47. The third kappa shape index (κ3) is 2.38. The number of hydrogen-bond acceptors (Lipinski definition) is 5. The molecule has 0 saturated carbocycles. The minimum Gasteiger partial charge on any atom is -0.481 e. The van der Waals surface area contributed by atoms with E-state index in [2.05, 4.69) is 10.3 Å². The maximum atomic E-state index is 11.2. The van der Waals surface area contributed by atoms with E-state index < -0.39 is 15.8 Å². The Labute approximate surface area is 92.0 Å². The predicted octanol–water partition coefficient (Wildman–Crippen LogP) is -0.735. The van der Waals surface area contributed by atoms with E-state index in [1.807, 2.05) is 0 Å². The first-order valence-electron chi connectivity index (χ1n) is 4.79. The second-order valence-electron chi connectivity index (χ2n) is 3.82. The van der Waals surface area contributed by atoms with E-state index >= 15 is 0 Å². The van der Waals surface area contributed by atoms with E-state index in [1.54, 1.807) is 0 Å². The predicted molar refractivity (Wildman–Crippen MR) is 53.7 cm³/mol. The highest BCUT2D eigenvalue weighted by Crippen LogP contribution is 2.22. The van der Waals surface area contributed by atoms with Crippen LogP contribution in [0.5, 0.6) is 0 Å². The molecule has 1 aromatic rings. The van der Waals surface area contributed by atoms with Crippen molar-refractivity contribution in [1.29, 1.82) is 0 Å². The number of carbonyl (C=O) groups is 1. The number of carboxylic acid groups (broad SMARTS) is 1. The zero-order valence-corrected chi connectivity index (χ0v) is 9.22. The van der Waals surface area contributed by atoms with Gasteiger partial charge in [-0.2, -0.15) is 0 Å². The molecule has 0 bridgehead atoms. The summed E-state index contributed by atoms with van der Waals surface area (Å²) in [4.78, 5) is 10.4. The normalized spacial score (nSPS) is 23.4. The van der Waals surface area contributed by atoms with Crippen LogP contribution in [0.3, 0.4) is 0 Å². The molecule has 1 aliphatic heterocycles. The van der Waals surface area contributed by atoms with Crippen molar-refractivity contribution in [3.8, 4) is 0 Å². The first-order chi connectivity index (χ1) is 7.46. The average Bonchev–Trinajstić information content (AvgIpc) is 2.71. The standard InChI is InChI=1S/C8H11N3O4S/c12-8(13)3-6-4-11(10-9-6)7-1-2-16(14,15)5-7/h4,7H,1-3,5H2,(H,12,13). The summed E-state index contributed by atoms with van der Waals surface area (Å²) in [6.07, 6.45) is 1.82. The highest BCUT2D eigenvalue weighted by Gasteiger charge is 2.30. The summed E-state index contributed by atoms with van der Waals surface area (Å²) in [6.45, 7) is 0. The smallest absolute Gasteiger partial charge is 0.309 e. The number of aliphatic carboxylic acids is 1. The minimum absolute atomic E-state index is 0.0584. The van der Waals surface area contributed by atoms with Crippen LogP contribution in [0.25, 0.3) is 0 Å². The van der Waals surface area contributed by atoms with Crippen molar-refractivity contribution in [2.45, 2.75) is 18.9 Å². The molecule has 16 heavy (non-hydrogen) atoms. The highest BCUT2D eigenvalue weighted by atomic mass is 32.2. The van der Waals surface area contributed by atoms with Crippen molar-refractivity contribution < 1.29 is 18.3 Å². The monoisotopic (exact) mass is 245 g/mol. The average molecular weight is 245 g/mol. The van der Waals surface area contributed by atoms with E-state index in [4.69, 9.17) is 5.11 Å². The quantitative estimate of drug-likeness (QED) is 0.752. The van der Waals surface area contributed by atoms with Crippen molar-refractivity contribution in [3.05, 3.63) is 11.9 Å². The van der Waals surface area contributed by atoms with E-state index in [0.29, 0.717) is 12.1 Å². The van der Waals surface area contributed by atoms with Crippen LogP contribution in [-0.2, 0) is 21.1 Å². The van der Waals surface area contributed by atoms with E-state index in [-0.39, 0.29) is 24.0 Å². The summed E-state index contributed by atoms with van der Waals surface area (Å²) in [6, 6.07) is -0.208. The van der Waals surface area contributed by atoms with Gasteiger partial charge < -0.3 is 5.11 Å². The Morgan fingerprint density at radius 2 is 2.38 bits per heavy atom. The van der Waals surface area contributed by atoms with Crippen molar-refractivity contribution in [2.24, 2.45) is 0 Å². The molecule has 1 saturated heterocycles. The molecule has 1 aromatic heterocycles. The van der Waals surface area contributed by atoms with Crippen molar-refractivity contribution in [2.75, 3.05) is 11.5 Å². The van der Waals surface area contributed by atoms with E-state index in [1.165, 1.54) is 10.9 Å². The Kier molecular flexibility index (Phi) is 2.66. The van der Waals surface area contributed by atoms with Gasteiger partial charge in [0, 0.05) is 6.20 Å². The van der Waals surface area contributed by atoms with Crippen LogP contribution in [0.4, 0.5) is 0 Å². The molecule has 1 aliphatic rings.